The summed E-state index contributed by atoms with van der Waals surface area (Å²) >= 11 is 0. The highest BCUT2D eigenvalue weighted by atomic mass is 16.5. The van der Waals surface area contributed by atoms with E-state index < -0.39 is 0 Å². The van der Waals surface area contributed by atoms with Crippen molar-refractivity contribution in [3.63, 3.8) is 0 Å². The van der Waals surface area contributed by atoms with Gasteiger partial charge in [-0.3, -0.25) is 0 Å². The van der Waals surface area contributed by atoms with Gasteiger partial charge in [0.2, 0.25) is 0 Å². The maximum absolute atomic E-state index is 5.56. The van der Waals surface area contributed by atoms with Gasteiger partial charge in [-0.05, 0) is 30.4 Å². The average molecular weight is 277 g/mol. The van der Waals surface area contributed by atoms with Crippen LogP contribution >= 0.6 is 0 Å². The van der Waals surface area contributed by atoms with Gasteiger partial charge in [-0.1, -0.05) is 31.0 Å². The van der Waals surface area contributed by atoms with E-state index in [0.29, 0.717) is 5.92 Å². The zero-order valence-corrected chi connectivity index (χ0v) is 12.7. The molecule has 0 radical (unpaired) electrons. The summed E-state index contributed by atoms with van der Waals surface area (Å²) in [5, 5.41) is 3.53. The van der Waals surface area contributed by atoms with Crippen molar-refractivity contribution in [2.75, 3.05) is 33.9 Å². The standard InChI is InChI=1S/C17H27NO2/c1-19-12-11-18-13-16(14-7-3-4-8-14)15-9-5-6-10-17(15)20-2/h5-6,9-10,14,16,18H,3-4,7-8,11-13H2,1-2H3. The summed E-state index contributed by atoms with van der Waals surface area (Å²) in [4.78, 5) is 0. The topological polar surface area (TPSA) is 30.5 Å². The van der Waals surface area contributed by atoms with Gasteiger partial charge in [-0.2, -0.15) is 0 Å². The molecule has 20 heavy (non-hydrogen) atoms. The molecular weight excluding hydrogens is 250 g/mol. The molecule has 1 aromatic carbocycles. The SMILES string of the molecule is COCCNCC(c1ccccc1OC)C1CCCC1. The third-order valence-electron chi connectivity index (χ3n) is 4.35. The fourth-order valence-electron chi connectivity index (χ4n) is 3.29. The van der Waals surface area contributed by atoms with Gasteiger partial charge in [-0.25, -0.2) is 0 Å². The van der Waals surface area contributed by atoms with Gasteiger partial charge in [0.1, 0.15) is 5.75 Å². The second-order valence-corrected chi connectivity index (χ2v) is 5.59. The van der Waals surface area contributed by atoms with Gasteiger partial charge < -0.3 is 14.8 Å². The summed E-state index contributed by atoms with van der Waals surface area (Å²) in [5.41, 5.74) is 1.35. The van der Waals surface area contributed by atoms with Gasteiger partial charge in [0, 0.05) is 26.1 Å². The summed E-state index contributed by atoms with van der Waals surface area (Å²) < 4.78 is 10.7. The van der Waals surface area contributed by atoms with Crippen molar-refractivity contribution in [1.82, 2.24) is 5.32 Å². The molecule has 3 heteroatoms. The number of methoxy groups -OCH3 is 2. The molecule has 1 aliphatic carbocycles. The molecule has 1 fully saturated rings. The Balaban J connectivity index is 2.08. The van der Waals surface area contributed by atoms with E-state index in [-0.39, 0.29) is 0 Å². The number of hydrogen-bond acceptors (Lipinski definition) is 3. The van der Waals surface area contributed by atoms with Crippen molar-refractivity contribution >= 4 is 0 Å². The smallest absolute Gasteiger partial charge is 0.122 e. The number of rotatable bonds is 8. The second-order valence-electron chi connectivity index (χ2n) is 5.59. The molecule has 0 bridgehead atoms. The Hall–Kier alpha value is -1.06. The van der Waals surface area contributed by atoms with E-state index in [1.54, 1.807) is 14.2 Å². The molecular formula is C17H27NO2. The molecule has 112 valence electrons. The van der Waals surface area contributed by atoms with Gasteiger partial charge in [0.05, 0.1) is 13.7 Å². The van der Waals surface area contributed by atoms with E-state index >= 15 is 0 Å². The van der Waals surface area contributed by atoms with E-state index in [1.165, 1.54) is 31.2 Å². The molecule has 2 rings (SSSR count). The third-order valence-corrected chi connectivity index (χ3v) is 4.35. The van der Waals surface area contributed by atoms with Crippen molar-refractivity contribution in [2.24, 2.45) is 5.92 Å². The van der Waals surface area contributed by atoms with Crippen molar-refractivity contribution < 1.29 is 9.47 Å². The Bertz CT molecular complexity index is 388. The van der Waals surface area contributed by atoms with Crippen molar-refractivity contribution in [2.45, 2.75) is 31.6 Å². The highest BCUT2D eigenvalue weighted by Gasteiger charge is 2.27. The number of nitrogens with one attached hydrogen (secondary N) is 1. The summed E-state index contributed by atoms with van der Waals surface area (Å²) in [6, 6.07) is 8.47. The molecule has 1 N–H and O–H groups in total. The van der Waals surface area contributed by atoms with E-state index in [1.807, 2.05) is 6.07 Å². The molecule has 0 amide bonds. The minimum atomic E-state index is 0.547. The van der Waals surface area contributed by atoms with E-state index in [0.717, 1.165) is 31.4 Å². The van der Waals surface area contributed by atoms with E-state index in [9.17, 15) is 0 Å². The fraction of sp³-hybridized carbons (Fsp3) is 0.647. The average Bonchev–Trinajstić information content (AvgIpc) is 3.01. The summed E-state index contributed by atoms with van der Waals surface area (Å²) in [6.07, 6.45) is 5.42. The number of benzene rings is 1. The van der Waals surface area contributed by atoms with Crippen molar-refractivity contribution in [3.8, 4) is 5.75 Å². The first-order valence-corrected chi connectivity index (χ1v) is 7.69. The first kappa shape index (κ1) is 15.3. The molecule has 0 saturated heterocycles. The predicted octanol–water partition coefficient (Wildman–Crippen LogP) is 3.21. The molecule has 0 spiro atoms. The Kier molecular flexibility index (Phi) is 6.34. The van der Waals surface area contributed by atoms with Crippen LogP contribution in [-0.4, -0.2) is 33.9 Å². The lowest BCUT2D eigenvalue weighted by Crippen LogP contribution is -2.28. The molecule has 1 unspecified atom stereocenters. The number of hydrogen-bond donors (Lipinski definition) is 1. The summed E-state index contributed by atoms with van der Waals surface area (Å²) in [5.74, 6) is 2.35. The van der Waals surface area contributed by atoms with Crippen LogP contribution in [0.3, 0.4) is 0 Å². The number of ether oxygens (including phenoxy) is 2. The quantitative estimate of drug-likeness (QED) is 0.740. The largest absolute Gasteiger partial charge is 0.496 e. The summed E-state index contributed by atoms with van der Waals surface area (Å²) in [6.45, 7) is 2.69. The van der Waals surface area contributed by atoms with Crippen molar-refractivity contribution in [1.29, 1.82) is 0 Å². The minimum absolute atomic E-state index is 0.547. The van der Waals surface area contributed by atoms with E-state index in [2.05, 4.69) is 23.5 Å². The van der Waals surface area contributed by atoms with E-state index in [4.69, 9.17) is 9.47 Å². The van der Waals surface area contributed by atoms with Crippen LogP contribution in [0.5, 0.6) is 5.75 Å². The van der Waals surface area contributed by atoms with Crippen LogP contribution in [0.4, 0.5) is 0 Å². The lowest BCUT2D eigenvalue weighted by Gasteiger charge is -2.26. The molecule has 1 saturated carbocycles. The Labute approximate surface area is 122 Å². The van der Waals surface area contributed by atoms with Gasteiger partial charge in [0.25, 0.3) is 0 Å². The molecule has 1 aromatic rings. The predicted molar refractivity (Wildman–Crippen MR) is 82.4 cm³/mol. The lowest BCUT2D eigenvalue weighted by atomic mass is 9.84. The minimum Gasteiger partial charge on any atom is -0.496 e. The highest BCUT2D eigenvalue weighted by Crippen LogP contribution is 2.40. The van der Waals surface area contributed by atoms with Crippen molar-refractivity contribution in [3.05, 3.63) is 29.8 Å². The van der Waals surface area contributed by atoms with Crippen LogP contribution in [0.25, 0.3) is 0 Å². The monoisotopic (exact) mass is 277 g/mol. The van der Waals surface area contributed by atoms with Crippen LogP contribution in [0, 0.1) is 5.92 Å². The summed E-state index contributed by atoms with van der Waals surface area (Å²) in [7, 11) is 3.51. The molecule has 0 heterocycles. The fourth-order valence-corrected chi connectivity index (χ4v) is 3.29. The van der Waals surface area contributed by atoms with Gasteiger partial charge in [-0.15, -0.1) is 0 Å². The lowest BCUT2D eigenvalue weighted by molar-refractivity contribution is 0.197. The molecule has 0 aliphatic heterocycles. The first-order valence-electron chi connectivity index (χ1n) is 7.69. The molecule has 1 atom stereocenters. The molecule has 1 aliphatic rings. The second kappa shape index (κ2) is 8.28. The van der Waals surface area contributed by atoms with Crippen LogP contribution in [0.2, 0.25) is 0 Å². The maximum Gasteiger partial charge on any atom is 0.122 e. The molecule has 0 aromatic heterocycles. The molecule has 3 nitrogen and oxygen atoms in total. The number of para-hydroxylation sites is 1. The Morgan fingerprint density at radius 2 is 1.95 bits per heavy atom. The third kappa shape index (κ3) is 3.97. The normalized spacial score (nSPS) is 17.3. The maximum atomic E-state index is 5.56. The van der Waals surface area contributed by atoms with Crippen LogP contribution in [0.1, 0.15) is 37.2 Å². The zero-order chi connectivity index (χ0) is 14.2. The Morgan fingerprint density at radius 1 is 1.20 bits per heavy atom. The van der Waals surface area contributed by atoms with Gasteiger partial charge >= 0.3 is 0 Å². The van der Waals surface area contributed by atoms with Crippen LogP contribution in [-0.2, 0) is 4.74 Å². The van der Waals surface area contributed by atoms with Gasteiger partial charge in [0.15, 0.2) is 0 Å². The van der Waals surface area contributed by atoms with Crippen LogP contribution in [0.15, 0.2) is 24.3 Å². The highest BCUT2D eigenvalue weighted by molar-refractivity contribution is 5.37. The zero-order valence-electron chi connectivity index (χ0n) is 12.7. The first-order chi connectivity index (χ1) is 9.86. The Morgan fingerprint density at radius 3 is 2.65 bits per heavy atom. The van der Waals surface area contributed by atoms with Crippen LogP contribution < -0.4 is 10.1 Å².